The first-order valence-corrected chi connectivity index (χ1v) is 5.39. The summed E-state index contributed by atoms with van der Waals surface area (Å²) in [6, 6.07) is -2.27. The summed E-state index contributed by atoms with van der Waals surface area (Å²) in [6.07, 6.45) is -4.31. The quantitative estimate of drug-likeness (QED) is 0.649. The maximum atomic E-state index is 12.8. The van der Waals surface area contributed by atoms with E-state index < -0.39 is 12.2 Å². The van der Waals surface area contributed by atoms with Gasteiger partial charge in [0.15, 0.2) is 0 Å². The molecule has 4 nitrogen and oxygen atoms in total. The van der Waals surface area contributed by atoms with Crippen LogP contribution >= 0.6 is 0 Å². The molecule has 0 radical (unpaired) electrons. The molecule has 100 valence electrons. The molecule has 2 atom stereocenters. The van der Waals surface area contributed by atoms with Crippen LogP contribution in [0.4, 0.5) is 18.0 Å². The van der Waals surface area contributed by atoms with Crippen LogP contribution in [0.1, 0.15) is 6.92 Å². The fraction of sp³-hybridized carbons (Fsp3) is 0.900. The highest BCUT2D eigenvalue weighted by Gasteiger charge is 2.48. The van der Waals surface area contributed by atoms with Gasteiger partial charge < -0.3 is 9.80 Å². The minimum atomic E-state index is -4.31. The van der Waals surface area contributed by atoms with E-state index in [4.69, 9.17) is 0 Å². The summed E-state index contributed by atoms with van der Waals surface area (Å²) in [5.74, 6) is 0. The second-order valence-corrected chi connectivity index (χ2v) is 4.65. The predicted molar refractivity (Wildman–Crippen MR) is 57.7 cm³/mol. The number of piperazine rings is 1. The number of likely N-dealkylation sites (N-methyl/N-ethyl adjacent to an activating group) is 1. The molecule has 0 aromatic heterocycles. The van der Waals surface area contributed by atoms with Gasteiger partial charge in [-0.25, -0.2) is 4.79 Å². The number of halogens is 3. The van der Waals surface area contributed by atoms with Crippen LogP contribution in [0.25, 0.3) is 0 Å². The number of urea groups is 1. The zero-order valence-electron chi connectivity index (χ0n) is 10.5. The summed E-state index contributed by atoms with van der Waals surface area (Å²) >= 11 is 0. The van der Waals surface area contributed by atoms with Gasteiger partial charge in [0.2, 0.25) is 0 Å². The highest BCUT2D eigenvalue weighted by molar-refractivity contribution is 5.74. The van der Waals surface area contributed by atoms with E-state index in [-0.39, 0.29) is 18.6 Å². The Hall–Kier alpha value is -0.980. The number of alkyl halides is 3. The summed E-state index contributed by atoms with van der Waals surface area (Å²) < 4.78 is 38.4. The first-order chi connectivity index (χ1) is 7.64. The summed E-state index contributed by atoms with van der Waals surface area (Å²) in [7, 11) is 4.52. The van der Waals surface area contributed by atoms with E-state index in [1.807, 2.05) is 0 Å². The topological polar surface area (TPSA) is 26.8 Å². The van der Waals surface area contributed by atoms with Crippen LogP contribution in [0.5, 0.6) is 0 Å². The molecule has 0 spiro atoms. The number of hydrogen-bond acceptors (Lipinski definition) is 2. The molecule has 0 saturated carbocycles. The van der Waals surface area contributed by atoms with Crippen LogP contribution in [-0.2, 0) is 0 Å². The maximum Gasteiger partial charge on any atom is 0.405 e. The smallest absolute Gasteiger partial charge is 0.331 e. The number of nitrogens with zero attached hydrogens (tertiary/aromatic N) is 3. The highest BCUT2D eigenvalue weighted by atomic mass is 19.4. The van der Waals surface area contributed by atoms with Gasteiger partial charge in [-0.05, 0) is 14.0 Å². The summed E-state index contributed by atoms with van der Waals surface area (Å²) in [4.78, 5) is 15.5. The lowest BCUT2D eigenvalue weighted by Crippen LogP contribution is -2.63. The van der Waals surface area contributed by atoms with Crippen molar-refractivity contribution < 1.29 is 18.0 Å². The molecule has 1 rings (SSSR count). The van der Waals surface area contributed by atoms with Crippen molar-refractivity contribution in [1.82, 2.24) is 14.7 Å². The lowest BCUT2D eigenvalue weighted by Gasteiger charge is -2.44. The zero-order valence-corrected chi connectivity index (χ0v) is 10.5. The van der Waals surface area contributed by atoms with Crippen molar-refractivity contribution in [2.24, 2.45) is 0 Å². The summed E-state index contributed by atoms with van der Waals surface area (Å²) in [6.45, 7) is 1.70. The third kappa shape index (κ3) is 3.02. The van der Waals surface area contributed by atoms with E-state index >= 15 is 0 Å². The molecular formula is C10H18F3N3O. The SMILES string of the molecule is CC1CN(C(=O)N(C)C)CC(C(F)(F)F)N1C. The maximum absolute atomic E-state index is 12.8. The molecule has 0 aliphatic carbocycles. The molecule has 0 aromatic carbocycles. The zero-order chi connectivity index (χ0) is 13.4. The normalized spacial score (nSPS) is 27.1. The molecule has 1 aliphatic heterocycles. The van der Waals surface area contributed by atoms with Gasteiger partial charge >= 0.3 is 12.2 Å². The first-order valence-electron chi connectivity index (χ1n) is 5.39. The number of hydrogen-bond donors (Lipinski definition) is 0. The van der Waals surface area contributed by atoms with Crippen LogP contribution < -0.4 is 0 Å². The Morgan fingerprint density at radius 1 is 1.29 bits per heavy atom. The van der Waals surface area contributed by atoms with Gasteiger partial charge in [-0.15, -0.1) is 0 Å². The number of amides is 2. The molecule has 1 heterocycles. The molecule has 0 aromatic rings. The van der Waals surface area contributed by atoms with Crippen LogP contribution in [0.15, 0.2) is 0 Å². The third-order valence-corrected chi connectivity index (χ3v) is 3.10. The van der Waals surface area contributed by atoms with Crippen molar-refractivity contribution in [2.75, 3.05) is 34.2 Å². The van der Waals surface area contributed by atoms with Crippen molar-refractivity contribution in [3.05, 3.63) is 0 Å². The van der Waals surface area contributed by atoms with E-state index in [2.05, 4.69) is 0 Å². The van der Waals surface area contributed by atoms with Crippen molar-refractivity contribution in [1.29, 1.82) is 0 Å². The van der Waals surface area contributed by atoms with Gasteiger partial charge in [0.25, 0.3) is 0 Å². The Balaban J connectivity index is 2.84. The minimum absolute atomic E-state index is 0.304. The highest BCUT2D eigenvalue weighted by Crippen LogP contribution is 2.29. The predicted octanol–water partition coefficient (Wildman–Crippen LogP) is 1.23. The summed E-state index contributed by atoms with van der Waals surface area (Å²) in [5, 5.41) is 0. The van der Waals surface area contributed by atoms with E-state index in [0.717, 1.165) is 0 Å². The van der Waals surface area contributed by atoms with Crippen LogP contribution in [0, 0.1) is 0 Å². The molecule has 2 amide bonds. The van der Waals surface area contributed by atoms with E-state index in [9.17, 15) is 18.0 Å². The molecular weight excluding hydrogens is 235 g/mol. The van der Waals surface area contributed by atoms with Gasteiger partial charge in [-0.2, -0.15) is 13.2 Å². The Morgan fingerprint density at radius 2 is 1.82 bits per heavy atom. The first kappa shape index (κ1) is 14.1. The minimum Gasteiger partial charge on any atom is -0.331 e. The van der Waals surface area contributed by atoms with Crippen LogP contribution in [-0.4, -0.2) is 73.2 Å². The molecule has 0 N–H and O–H groups in total. The molecule has 0 bridgehead atoms. The molecule has 1 saturated heterocycles. The monoisotopic (exact) mass is 253 g/mol. The van der Waals surface area contributed by atoms with Gasteiger partial charge in [0, 0.05) is 33.2 Å². The van der Waals surface area contributed by atoms with Gasteiger partial charge in [-0.1, -0.05) is 0 Å². The van der Waals surface area contributed by atoms with E-state index in [0.29, 0.717) is 6.54 Å². The molecule has 7 heteroatoms. The molecule has 1 fully saturated rings. The fourth-order valence-corrected chi connectivity index (χ4v) is 1.94. The average Bonchev–Trinajstić information content (AvgIpc) is 2.18. The van der Waals surface area contributed by atoms with Crippen molar-refractivity contribution in [3.8, 4) is 0 Å². The molecule has 2 unspecified atom stereocenters. The standard InChI is InChI=1S/C10H18F3N3O/c1-7-5-16(9(17)14(2)3)6-8(15(7)4)10(11,12)13/h7-8H,5-6H2,1-4H3. The fourth-order valence-electron chi connectivity index (χ4n) is 1.94. The van der Waals surface area contributed by atoms with Gasteiger partial charge in [0.1, 0.15) is 6.04 Å². The van der Waals surface area contributed by atoms with Crippen molar-refractivity contribution in [2.45, 2.75) is 25.2 Å². The summed E-state index contributed by atoms with van der Waals surface area (Å²) in [5.41, 5.74) is 0. The second-order valence-electron chi connectivity index (χ2n) is 4.65. The van der Waals surface area contributed by atoms with Crippen molar-refractivity contribution >= 4 is 6.03 Å². The Morgan fingerprint density at radius 3 is 2.24 bits per heavy atom. The second kappa shape index (κ2) is 4.72. The average molecular weight is 253 g/mol. The van der Waals surface area contributed by atoms with E-state index in [1.54, 1.807) is 6.92 Å². The largest absolute Gasteiger partial charge is 0.405 e. The van der Waals surface area contributed by atoms with Crippen LogP contribution in [0.3, 0.4) is 0 Å². The molecule has 17 heavy (non-hydrogen) atoms. The number of rotatable bonds is 0. The van der Waals surface area contributed by atoms with E-state index in [1.165, 1.54) is 35.8 Å². The number of carbonyl (C=O) groups excluding carboxylic acids is 1. The van der Waals surface area contributed by atoms with Crippen LogP contribution in [0.2, 0.25) is 0 Å². The lowest BCUT2D eigenvalue weighted by molar-refractivity contribution is -0.197. The number of carbonyl (C=O) groups is 1. The Kier molecular flexibility index (Phi) is 3.91. The Bertz CT molecular complexity index is 293. The van der Waals surface area contributed by atoms with Crippen molar-refractivity contribution in [3.63, 3.8) is 0 Å². The Labute approximate surface area is 99.0 Å². The molecule has 1 aliphatic rings. The lowest BCUT2D eigenvalue weighted by atomic mass is 10.1. The third-order valence-electron chi connectivity index (χ3n) is 3.10. The van der Waals surface area contributed by atoms with Gasteiger partial charge in [-0.3, -0.25) is 4.90 Å². The van der Waals surface area contributed by atoms with Gasteiger partial charge in [0.05, 0.1) is 0 Å².